The normalized spacial score (nSPS) is 15.6. The quantitative estimate of drug-likeness (QED) is 0.174. The maximum atomic E-state index is 13.9. The van der Waals surface area contributed by atoms with Gasteiger partial charge in [-0.15, -0.1) is 11.3 Å². The average Bonchev–Trinajstić information content (AvgIpc) is 3.76. The first-order valence-electron chi connectivity index (χ1n) is 15.4. The molecule has 0 spiro atoms. The molecule has 10 nitrogen and oxygen atoms in total. The van der Waals surface area contributed by atoms with E-state index in [1.807, 2.05) is 26.0 Å². The number of benzene rings is 2. The van der Waals surface area contributed by atoms with E-state index in [4.69, 9.17) is 16.3 Å². The molecule has 0 aliphatic heterocycles. The van der Waals surface area contributed by atoms with Crippen molar-refractivity contribution in [2.24, 2.45) is 11.8 Å². The number of ether oxygens (including phenoxy) is 1. The molecule has 1 heterocycles. The van der Waals surface area contributed by atoms with Gasteiger partial charge < -0.3 is 20.5 Å². The minimum absolute atomic E-state index is 0.153. The van der Waals surface area contributed by atoms with Crippen LogP contribution in [-0.2, 0) is 26.0 Å². The van der Waals surface area contributed by atoms with Gasteiger partial charge in [0.15, 0.2) is 0 Å². The number of nitrogens with zero attached hydrogens (tertiary/aromatic N) is 2. The van der Waals surface area contributed by atoms with Crippen LogP contribution in [0.25, 0.3) is 10.2 Å². The topological polar surface area (TPSA) is 138 Å². The predicted molar refractivity (Wildman–Crippen MR) is 177 cm³/mol. The van der Waals surface area contributed by atoms with Crippen molar-refractivity contribution < 1.29 is 27.9 Å². The number of aliphatic hydroxyl groups excluding tert-OH is 1. The van der Waals surface area contributed by atoms with Gasteiger partial charge in [-0.1, -0.05) is 43.6 Å². The zero-order valence-corrected chi connectivity index (χ0v) is 28.3. The fourth-order valence-corrected chi connectivity index (χ4v) is 8.11. The highest BCUT2D eigenvalue weighted by Gasteiger charge is 2.35. The third-order valence-corrected chi connectivity index (χ3v) is 11.3. The predicted octanol–water partition coefficient (Wildman–Crippen LogP) is 5.38. The summed E-state index contributed by atoms with van der Waals surface area (Å²) in [6.07, 6.45) is 3.71. The summed E-state index contributed by atoms with van der Waals surface area (Å²) in [5.74, 6) is 0.237. The van der Waals surface area contributed by atoms with Crippen LogP contribution < -0.4 is 10.6 Å². The average molecular weight is 679 g/mol. The monoisotopic (exact) mass is 678 g/mol. The second-order valence-electron chi connectivity index (χ2n) is 12.0. The van der Waals surface area contributed by atoms with Crippen LogP contribution in [0.3, 0.4) is 0 Å². The number of carbonyl (C=O) groups is 2. The molecule has 13 heteroatoms. The van der Waals surface area contributed by atoms with Gasteiger partial charge in [-0.2, -0.15) is 4.31 Å². The zero-order valence-electron chi connectivity index (χ0n) is 25.9. The van der Waals surface area contributed by atoms with Crippen LogP contribution >= 0.6 is 22.9 Å². The Balaban J connectivity index is 1.45. The van der Waals surface area contributed by atoms with E-state index in [1.54, 1.807) is 35.8 Å². The number of aromatic nitrogens is 1. The summed E-state index contributed by atoms with van der Waals surface area (Å²) in [5, 5.41) is 16.7. The SMILES string of the molecule is COC(=O)N[C@@H](Cc1ccccc1Cl)C(=O)N[C@H](CCC[C@@H](CO)N(CCC(C)C)S(=O)(=O)c1ccc2ncsc2c1)C1CC1. The van der Waals surface area contributed by atoms with E-state index >= 15 is 0 Å². The summed E-state index contributed by atoms with van der Waals surface area (Å²) in [5.41, 5.74) is 3.16. The first-order chi connectivity index (χ1) is 21.5. The smallest absolute Gasteiger partial charge is 0.407 e. The van der Waals surface area contributed by atoms with Crippen LogP contribution in [0, 0.1) is 11.8 Å². The number of rotatable bonds is 17. The van der Waals surface area contributed by atoms with E-state index < -0.39 is 28.2 Å². The summed E-state index contributed by atoms with van der Waals surface area (Å²) >= 11 is 7.72. The van der Waals surface area contributed by atoms with Crippen LogP contribution in [0.2, 0.25) is 5.02 Å². The Hall–Kier alpha value is -2.77. The largest absolute Gasteiger partial charge is 0.453 e. The Kier molecular flexibility index (Phi) is 12.6. The van der Waals surface area contributed by atoms with E-state index in [0.717, 1.165) is 28.6 Å². The van der Waals surface area contributed by atoms with E-state index in [0.29, 0.717) is 36.6 Å². The van der Waals surface area contributed by atoms with Gasteiger partial charge in [0.2, 0.25) is 15.9 Å². The molecule has 1 aromatic heterocycles. The minimum atomic E-state index is -3.89. The van der Waals surface area contributed by atoms with Crippen LogP contribution in [0.4, 0.5) is 4.79 Å². The highest BCUT2D eigenvalue weighted by atomic mass is 35.5. The number of aliphatic hydroxyl groups is 1. The molecule has 2 amide bonds. The fraction of sp³-hybridized carbons (Fsp3) is 0.531. The van der Waals surface area contributed by atoms with Gasteiger partial charge in [-0.25, -0.2) is 18.2 Å². The van der Waals surface area contributed by atoms with Gasteiger partial charge in [0.05, 0.1) is 34.3 Å². The third-order valence-electron chi connectivity index (χ3n) is 8.20. The van der Waals surface area contributed by atoms with Gasteiger partial charge in [-0.05, 0) is 80.2 Å². The lowest BCUT2D eigenvalue weighted by molar-refractivity contribution is -0.124. The van der Waals surface area contributed by atoms with Crippen molar-refractivity contribution in [1.29, 1.82) is 0 Å². The molecule has 3 N–H and O–H groups in total. The van der Waals surface area contributed by atoms with Crippen LogP contribution in [0.1, 0.15) is 57.9 Å². The summed E-state index contributed by atoms with van der Waals surface area (Å²) < 4.78 is 34.8. The zero-order chi connectivity index (χ0) is 32.6. The highest BCUT2D eigenvalue weighted by molar-refractivity contribution is 7.89. The van der Waals surface area contributed by atoms with Crippen molar-refractivity contribution >= 4 is 55.2 Å². The Morgan fingerprint density at radius 1 is 1.13 bits per heavy atom. The van der Waals surface area contributed by atoms with E-state index in [9.17, 15) is 23.1 Å². The molecule has 1 fully saturated rings. The molecule has 3 atom stereocenters. The van der Waals surface area contributed by atoms with Gasteiger partial charge in [0.1, 0.15) is 6.04 Å². The number of thiazole rings is 1. The molecule has 246 valence electrons. The molecule has 3 aromatic rings. The Morgan fingerprint density at radius 3 is 2.56 bits per heavy atom. The van der Waals surface area contributed by atoms with Crippen LogP contribution in [-0.4, -0.2) is 73.2 Å². The van der Waals surface area contributed by atoms with Crippen molar-refractivity contribution in [3.8, 4) is 0 Å². The number of fused-ring (bicyclic) bond motifs is 1. The molecule has 4 rings (SSSR count). The first-order valence-corrected chi connectivity index (χ1v) is 18.1. The van der Waals surface area contributed by atoms with Gasteiger partial charge in [0.25, 0.3) is 0 Å². The molecule has 0 unspecified atom stereocenters. The van der Waals surface area contributed by atoms with Crippen molar-refractivity contribution in [3.05, 3.63) is 58.6 Å². The molecule has 1 aliphatic rings. The minimum Gasteiger partial charge on any atom is -0.453 e. The maximum Gasteiger partial charge on any atom is 0.407 e. The Morgan fingerprint density at radius 2 is 1.89 bits per heavy atom. The highest BCUT2D eigenvalue weighted by Crippen LogP contribution is 2.35. The Labute approximate surface area is 274 Å². The van der Waals surface area contributed by atoms with Crippen LogP contribution in [0.5, 0.6) is 0 Å². The molecule has 0 saturated heterocycles. The van der Waals surface area contributed by atoms with Gasteiger partial charge >= 0.3 is 6.09 Å². The third kappa shape index (κ3) is 9.62. The second-order valence-corrected chi connectivity index (χ2v) is 15.2. The molecule has 1 aliphatic carbocycles. The molecule has 0 bridgehead atoms. The number of alkyl carbamates (subject to hydrolysis) is 1. The molecule has 2 aromatic carbocycles. The van der Waals surface area contributed by atoms with Crippen molar-refractivity contribution in [2.75, 3.05) is 20.3 Å². The van der Waals surface area contributed by atoms with Crippen molar-refractivity contribution in [2.45, 2.75) is 81.8 Å². The standard InChI is InChI=1S/C32H43ClN4O6S2/c1-21(2)15-16-37(45(41,42)25-13-14-28-30(18-25)44-20-34-28)24(19-38)8-6-10-27(22-11-12-22)35-31(39)29(36-32(40)43-3)17-23-7-4-5-9-26(23)33/h4-5,7,9,13-14,18,20-22,24,27,29,38H,6,8,10-12,15-17,19H2,1-3H3,(H,35,39)(H,36,40)/t24-,27+,29-/m0/s1. The van der Waals surface area contributed by atoms with Crippen LogP contribution in [0.15, 0.2) is 52.9 Å². The molecule has 0 radical (unpaired) electrons. The molecular weight excluding hydrogens is 636 g/mol. The lowest BCUT2D eigenvalue weighted by Gasteiger charge is -2.31. The first kappa shape index (κ1) is 35.1. The number of hydrogen-bond donors (Lipinski definition) is 3. The van der Waals surface area contributed by atoms with Gasteiger partial charge in [0, 0.05) is 30.1 Å². The summed E-state index contributed by atoms with van der Waals surface area (Å²) in [6, 6.07) is 10.4. The molecular formula is C32H43ClN4O6S2. The number of hydrogen-bond acceptors (Lipinski definition) is 8. The Bertz CT molecular complexity index is 1550. The number of nitrogens with one attached hydrogen (secondary N) is 2. The second kappa shape index (κ2) is 16.2. The van der Waals surface area contributed by atoms with Gasteiger partial charge in [-0.3, -0.25) is 4.79 Å². The lowest BCUT2D eigenvalue weighted by Crippen LogP contribution is -2.51. The number of carbonyl (C=O) groups excluding carboxylic acids is 2. The van der Waals surface area contributed by atoms with E-state index in [2.05, 4.69) is 15.6 Å². The lowest BCUT2D eigenvalue weighted by atomic mass is 10.0. The molecule has 1 saturated carbocycles. The number of methoxy groups -OCH3 is 1. The van der Waals surface area contributed by atoms with Crippen molar-refractivity contribution in [1.82, 2.24) is 19.9 Å². The van der Waals surface area contributed by atoms with Crippen molar-refractivity contribution in [3.63, 3.8) is 0 Å². The summed E-state index contributed by atoms with van der Waals surface area (Å²) in [4.78, 5) is 30.0. The number of sulfonamides is 1. The number of halogens is 1. The van der Waals surface area contributed by atoms with E-state index in [-0.39, 0.29) is 42.3 Å². The molecule has 45 heavy (non-hydrogen) atoms. The fourth-order valence-electron chi connectivity index (χ4n) is 5.42. The summed E-state index contributed by atoms with van der Waals surface area (Å²) in [6.45, 7) is 4.05. The maximum absolute atomic E-state index is 13.9. The number of amides is 2. The summed E-state index contributed by atoms with van der Waals surface area (Å²) in [7, 11) is -2.65. The van der Waals surface area contributed by atoms with E-state index in [1.165, 1.54) is 22.8 Å².